The molecule has 1 aliphatic rings. The summed E-state index contributed by atoms with van der Waals surface area (Å²) >= 11 is 0. The van der Waals surface area contributed by atoms with E-state index in [2.05, 4.69) is 32.3 Å². The first-order valence-corrected chi connectivity index (χ1v) is 9.26. The highest BCUT2D eigenvalue weighted by atomic mass is 35.5. The molecule has 1 aliphatic heterocycles. The zero-order valence-corrected chi connectivity index (χ0v) is 17.5. The third-order valence-electron chi connectivity index (χ3n) is 5.05. The van der Waals surface area contributed by atoms with Crippen LogP contribution in [0.2, 0.25) is 0 Å². The van der Waals surface area contributed by atoms with E-state index in [-0.39, 0.29) is 30.7 Å². The molecule has 5 nitrogen and oxygen atoms in total. The van der Waals surface area contributed by atoms with Gasteiger partial charge in [0, 0.05) is 17.8 Å². The van der Waals surface area contributed by atoms with Gasteiger partial charge in [-0.05, 0) is 69.1 Å². The Morgan fingerprint density at radius 3 is 2.71 bits per heavy atom. The molecule has 150 valence electrons. The van der Waals surface area contributed by atoms with Crippen LogP contribution in [0.5, 0.6) is 0 Å². The number of nitrogens with one attached hydrogen (secondary N) is 2. The molecular weight excluding hydrogens is 395 g/mol. The number of hydrogen-bond donors (Lipinski definition) is 2. The molecule has 2 N–H and O–H groups in total. The summed E-state index contributed by atoms with van der Waals surface area (Å²) in [7, 11) is 0. The van der Waals surface area contributed by atoms with Crippen molar-refractivity contribution < 1.29 is 4.79 Å². The van der Waals surface area contributed by atoms with E-state index in [1.54, 1.807) is 0 Å². The molecule has 1 amide bonds. The summed E-state index contributed by atoms with van der Waals surface area (Å²) in [6.07, 6.45) is 2.36. The minimum atomic E-state index is -0.0237. The fraction of sp³-hybridized carbons (Fsp3) is 0.333. The minimum Gasteiger partial charge on any atom is -0.352 e. The van der Waals surface area contributed by atoms with Crippen molar-refractivity contribution in [1.82, 2.24) is 20.2 Å². The van der Waals surface area contributed by atoms with Gasteiger partial charge in [-0.25, -0.2) is 4.98 Å². The average Bonchev–Trinajstić information content (AvgIpc) is 3.02. The lowest BCUT2D eigenvalue weighted by atomic mass is 9.99. The van der Waals surface area contributed by atoms with E-state index in [0.717, 1.165) is 42.2 Å². The Morgan fingerprint density at radius 2 is 2.00 bits per heavy atom. The summed E-state index contributed by atoms with van der Waals surface area (Å²) in [5.74, 6) is 1.41. The summed E-state index contributed by atoms with van der Waals surface area (Å²) in [6, 6.07) is 15.9. The van der Waals surface area contributed by atoms with E-state index in [1.807, 2.05) is 43.3 Å². The number of hydrogen-bond acceptors (Lipinski definition) is 3. The second-order valence-corrected chi connectivity index (χ2v) is 6.96. The van der Waals surface area contributed by atoms with Gasteiger partial charge in [-0.3, -0.25) is 9.36 Å². The Morgan fingerprint density at radius 1 is 1.21 bits per heavy atom. The zero-order chi connectivity index (χ0) is 17.9. The highest BCUT2D eigenvalue weighted by molar-refractivity contribution is 5.97. The Labute approximate surface area is 177 Å². The quantitative estimate of drug-likeness (QED) is 0.672. The second-order valence-electron chi connectivity index (χ2n) is 6.96. The van der Waals surface area contributed by atoms with Crippen LogP contribution >= 0.6 is 24.8 Å². The molecule has 1 saturated heterocycles. The summed E-state index contributed by atoms with van der Waals surface area (Å²) < 4.78 is 2.12. The van der Waals surface area contributed by atoms with Gasteiger partial charge in [-0.2, -0.15) is 0 Å². The topological polar surface area (TPSA) is 59.0 Å². The maximum absolute atomic E-state index is 12.5. The Hall–Kier alpha value is -2.08. The van der Waals surface area contributed by atoms with Crippen molar-refractivity contribution in [2.45, 2.75) is 19.8 Å². The third kappa shape index (κ3) is 4.66. The summed E-state index contributed by atoms with van der Waals surface area (Å²) in [6.45, 7) is 4.79. The molecule has 1 unspecified atom stereocenters. The lowest BCUT2D eigenvalue weighted by molar-refractivity contribution is 0.0945. The van der Waals surface area contributed by atoms with Gasteiger partial charge in [0.1, 0.15) is 5.82 Å². The monoisotopic (exact) mass is 420 g/mol. The number of aromatic nitrogens is 2. The number of fused-ring (bicyclic) bond motifs is 1. The highest BCUT2D eigenvalue weighted by Crippen LogP contribution is 2.22. The molecule has 0 spiro atoms. The molecule has 0 aliphatic carbocycles. The van der Waals surface area contributed by atoms with E-state index in [4.69, 9.17) is 0 Å². The lowest BCUT2D eigenvalue weighted by Crippen LogP contribution is -2.38. The van der Waals surface area contributed by atoms with Crippen molar-refractivity contribution in [1.29, 1.82) is 0 Å². The van der Waals surface area contributed by atoms with Gasteiger partial charge in [0.25, 0.3) is 5.91 Å². The van der Waals surface area contributed by atoms with Gasteiger partial charge in [0.2, 0.25) is 0 Å². The van der Waals surface area contributed by atoms with Crippen molar-refractivity contribution in [2.75, 3.05) is 19.6 Å². The molecule has 4 rings (SSSR count). The number of amides is 1. The molecule has 7 heteroatoms. The lowest BCUT2D eigenvalue weighted by Gasteiger charge is -2.22. The van der Waals surface area contributed by atoms with Crippen LogP contribution in [0, 0.1) is 12.8 Å². The number of para-hydroxylation sites is 1. The van der Waals surface area contributed by atoms with Crippen molar-refractivity contribution in [2.24, 2.45) is 5.92 Å². The Kier molecular flexibility index (Phi) is 7.87. The van der Waals surface area contributed by atoms with Crippen LogP contribution in [-0.2, 0) is 0 Å². The largest absolute Gasteiger partial charge is 0.352 e. The van der Waals surface area contributed by atoms with Crippen molar-refractivity contribution in [3.63, 3.8) is 0 Å². The first-order chi connectivity index (χ1) is 12.7. The fourth-order valence-electron chi connectivity index (χ4n) is 3.68. The molecule has 2 aromatic carbocycles. The third-order valence-corrected chi connectivity index (χ3v) is 5.05. The van der Waals surface area contributed by atoms with E-state index in [1.165, 1.54) is 12.8 Å². The minimum absolute atomic E-state index is 0. The van der Waals surface area contributed by atoms with Crippen LogP contribution < -0.4 is 10.6 Å². The van der Waals surface area contributed by atoms with Gasteiger partial charge in [-0.1, -0.05) is 18.2 Å². The number of carbonyl (C=O) groups is 1. The molecule has 28 heavy (non-hydrogen) atoms. The Bertz CT molecular complexity index is 921. The number of rotatable bonds is 4. The van der Waals surface area contributed by atoms with Crippen molar-refractivity contribution in [3.8, 4) is 5.69 Å². The number of benzene rings is 2. The zero-order valence-electron chi connectivity index (χ0n) is 15.9. The molecule has 0 bridgehead atoms. The van der Waals surface area contributed by atoms with Crippen LogP contribution in [0.25, 0.3) is 16.7 Å². The maximum Gasteiger partial charge on any atom is 0.251 e. The van der Waals surface area contributed by atoms with Crippen LogP contribution in [0.4, 0.5) is 0 Å². The molecule has 0 radical (unpaired) electrons. The van der Waals surface area contributed by atoms with Gasteiger partial charge < -0.3 is 10.6 Å². The second kappa shape index (κ2) is 9.92. The summed E-state index contributed by atoms with van der Waals surface area (Å²) in [5.41, 5.74) is 3.61. The van der Waals surface area contributed by atoms with Crippen LogP contribution in [0.3, 0.4) is 0 Å². The van der Waals surface area contributed by atoms with E-state index in [9.17, 15) is 4.79 Å². The number of halogens is 2. The predicted octanol–water partition coefficient (Wildman–Crippen LogP) is 3.91. The molecule has 1 fully saturated rings. The van der Waals surface area contributed by atoms with Gasteiger partial charge >= 0.3 is 0 Å². The number of carbonyl (C=O) groups excluding carboxylic acids is 1. The normalized spacial score (nSPS) is 16.1. The van der Waals surface area contributed by atoms with Crippen LogP contribution in [-0.4, -0.2) is 35.1 Å². The smallest absolute Gasteiger partial charge is 0.251 e. The molecule has 2 heterocycles. The number of piperidine rings is 1. The molecule has 3 aromatic rings. The van der Waals surface area contributed by atoms with E-state index >= 15 is 0 Å². The SMILES string of the molecule is Cc1nc2cc(C(=O)NCC3CCCNC3)ccc2n1-c1ccccc1.Cl.Cl. The molecule has 1 aromatic heterocycles. The highest BCUT2D eigenvalue weighted by Gasteiger charge is 2.16. The number of nitrogens with zero attached hydrogens (tertiary/aromatic N) is 2. The standard InChI is InChI=1S/C21H24N4O.2ClH/c1-15-24-19-12-17(21(26)23-14-16-6-5-11-22-13-16)9-10-20(19)25(15)18-7-3-2-4-8-18;;/h2-4,7-10,12,16,22H,5-6,11,13-14H2,1H3,(H,23,26);2*1H. The molecule has 1 atom stereocenters. The van der Waals surface area contributed by atoms with Gasteiger partial charge in [0.15, 0.2) is 0 Å². The van der Waals surface area contributed by atoms with E-state index < -0.39 is 0 Å². The van der Waals surface area contributed by atoms with Gasteiger partial charge in [0.05, 0.1) is 11.0 Å². The fourth-order valence-corrected chi connectivity index (χ4v) is 3.68. The predicted molar refractivity (Wildman–Crippen MR) is 118 cm³/mol. The first kappa shape index (κ1) is 22.2. The first-order valence-electron chi connectivity index (χ1n) is 9.26. The number of aryl methyl sites for hydroxylation is 1. The van der Waals surface area contributed by atoms with Crippen LogP contribution in [0.15, 0.2) is 48.5 Å². The molecule has 0 saturated carbocycles. The van der Waals surface area contributed by atoms with Gasteiger partial charge in [-0.15, -0.1) is 24.8 Å². The Balaban J connectivity index is 0.00000140. The van der Waals surface area contributed by atoms with Crippen molar-refractivity contribution in [3.05, 3.63) is 59.9 Å². The average molecular weight is 421 g/mol. The van der Waals surface area contributed by atoms with E-state index in [0.29, 0.717) is 11.5 Å². The van der Waals surface area contributed by atoms with Crippen LogP contribution in [0.1, 0.15) is 29.0 Å². The summed E-state index contributed by atoms with van der Waals surface area (Å²) in [5, 5.41) is 6.46. The summed E-state index contributed by atoms with van der Waals surface area (Å²) in [4.78, 5) is 17.2. The maximum atomic E-state index is 12.5. The molecular formula is C21H26Cl2N4O. The van der Waals surface area contributed by atoms with Crippen molar-refractivity contribution >= 4 is 41.8 Å². The number of imidazole rings is 1.